The predicted octanol–water partition coefficient (Wildman–Crippen LogP) is 5.73. The highest BCUT2D eigenvalue weighted by Crippen LogP contribution is 2.45. The number of nitrogens with zero attached hydrogens (tertiary/aromatic N) is 2. The molecule has 2 aromatic rings. The lowest BCUT2D eigenvalue weighted by atomic mass is 9.77. The van der Waals surface area contributed by atoms with Gasteiger partial charge in [0.05, 0.1) is 12.1 Å². The quantitative estimate of drug-likeness (QED) is 0.365. The molecule has 2 aliphatic rings. The number of benzene rings is 1. The number of hydrogen-bond donors (Lipinski definition) is 1. The van der Waals surface area contributed by atoms with Crippen LogP contribution in [0.25, 0.3) is 0 Å². The fourth-order valence-corrected chi connectivity index (χ4v) is 5.92. The van der Waals surface area contributed by atoms with Crippen molar-refractivity contribution >= 4 is 55.7 Å². The lowest BCUT2D eigenvalue weighted by Crippen LogP contribution is -2.29. The first-order valence-electron chi connectivity index (χ1n) is 10.5. The van der Waals surface area contributed by atoms with E-state index in [1.54, 1.807) is 0 Å². The Hall–Kier alpha value is -1.64. The summed E-state index contributed by atoms with van der Waals surface area (Å²) in [6, 6.07) is 6.28. The third-order valence-electron chi connectivity index (χ3n) is 5.86. The van der Waals surface area contributed by atoms with Gasteiger partial charge in [-0.05, 0) is 74.3 Å². The van der Waals surface area contributed by atoms with E-state index in [9.17, 15) is 14.5 Å². The first kappa shape index (κ1) is 25.0. The maximum Gasteiger partial charge on any atom is 0.303 e. The third-order valence-corrected chi connectivity index (χ3v) is 7.17. The molecule has 1 aliphatic carbocycles. The van der Waals surface area contributed by atoms with Crippen LogP contribution in [0, 0.1) is 10.8 Å². The number of nitroso groups, excluding NO2 is 1. The van der Waals surface area contributed by atoms with Crippen LogP contribution in [0.15, 0.2) is 33.3 Å². The van der Waals surface area contributed by atoms with Crippen molar-refractivity contribution in [3.05, 3.63) is 65.7 Å². The largest absolute Gasteiger partial charge is 0.481 e. The van der Waals surface area contributed by atoms with Crippen molar-refractivity contribution < 1.29 is 19.5 Å². The number of hydrogen-bond acceptors (Lipinski definition) is 4. The van der Waals surface area contributed by atoms with Crippen molar-refractivity contribution in [3.63, 3.8) is 0 Å². The zero-order valence-corrected chi connectivity index (χ0v) is 21.3. The molecule has 0 bridgehead atoms. The summed E-state index contributed by atoms with van der Waals surface area (Å²) in [5.74, 6) is -0.292. The molecule has 0 amide bonds. The zero-order chi connectivity index (χ0) is 23.3. The Balaban J connectivity index is 0.000000360. The van der Waals surface area contributed by atoms with Crippen LogP contribution in [0.3, 0.4) is 0 Å². The fourth-order valence-electron chi connectivity index (χ4n) is 4.42. The Morgan fingerprint density at radius 3 is 2.50 bits per heavy atom. The molecule has 6 nitrogen and oxygen atoms in total. The van der Waals surface area contributed by atoms with E-state index >= 15 is 0 Å². The lowest BCUT2D eigenvalue weighted by Gasteiger charge is -2.29. The van der Waals surface area contributed by atoms with E-state index in [1.807, 2.05) is 12.3 Å². The molecular weight excluding hydrogens is 564 g/mol. The van der Waals surface area contributed by atoms with Crippen LogP contribution >= 0.6 is 43.5 Å². The number of fused-ring (bicyclic) bond motifs is 2. The van der Waals surface area contributed by atoms with E-state index in [4.69, 9.17) is 21.7 Å². The number of aliphatic carboxylic acids is 1. The van der Waals surface area contributed by atoms with Crippen LogP contribution in [0.5, 0.6) is 0 Å². The number of rotatable bonds is 4. The van der Waals surface area contributed by atoms with Crippen LogP contribution in [-0.2, 0) is 22.4 Å². The number of aryl methyl sites for hydroxylation is 2. The second-order valence-electron chi connectivity index (χ2n) is 8.00. The lowest BCUT2D eigenvalue weighted by molar-refractivity contribution is -0.561. The third kappa shape index (κ3) is 6.23. The van der Waals surface area contributed by atoms with E-state index < -0.39 is 5.97 Å². The topological polar surface area (TPSA) is 87.3 Å². The summed E-state index contributed by atoms with van der Waals surface area (Å²) < 4.78 is 3.26. The summed E-state index contributed by atoms with van der Waals surface area (Å²) >= 11 is 13.6. The average molecular weight is 588 g/mol. The van der Waals surface area contributed by atoms with Crippen LogP contribution in [-0.4, -0.2) is 40.2 Å². The van der Waals surface area contributed by atoms with Crippen molar-refractivity contribution in [1.29, 1.82) is 0 Å². The molecule has 1 saturated heterocycles. The highest BCUT2D eigenvalue weighted by Gasteiger charge is 2.37. The van der Waals surface area contributed by atoms with Gasteiger partial charge >= 0.3 is 5.97 Å². The molecule has 1 N–H and O–H groups in total. The highest BCUT2D eigenvalue weighted by molar-refractivity contribution is 9.10. The van der Waals surface area contributed by atoms with Crippen LogP contribution in [0.4, 0.5) is 0 Å². The standard InChI is InChI=1S/C19H18Br2ClN2O.C4H6O3/c20-14-7-13-2-1-12-8-15(22)9-16(21)17(12)18(19(13)23-10-14)11-3-5-24(25)6-4-11;5-3-1-2-4(6)7/h7-11,18H,1-6H2;3H,1-2H2,(H,6,7)/q+1;/t18-;/m1./s1. The van der Waals surface area contributed by atoms with E-state index in [-0.39, 0.29) is 18.8 Å². The molecule has 1 aromatic heterocycles. The molecule has 0 spiro atoms. The van der Waals surface area contributed by atoms with Crippen molar-refractivity contribution in [1.82, 2.24) is 4.98 Å². The Kier molecular flexibility index (Phi) is 8.96. The second kappa shape index (κ2) is 11.5. The number of carbonyl (C=O) groups excluding carboxylic acids is 1. The maximum atomic E-state index is 11.7. The molecule has 170 valence electrons. The van der Waals surface area contributed by atoms with Crippen molar-refractivity contribution in [2.75, 3.05) is 13.1 Å². The summed E-state index contributed by atoms with van der Waals surface area (Å²) in [6.45, 7) is 1.21. The number of piperidine rings is 1. The van der Waals surface area contributed by atoms with Crippen LogP contribution < -0.4 is 0 Å². The normalized spacial score (nSPS) is 18.0. The molecule has 1 fully saturated rings. The monoisotopic (exact) mass is 585 g/mol. The molecule has 9 heteroatoms. The summed E-state index contributed by atoms with van der Waals surface area (Å²) in [5.41, 5.74) is 5.06. The SMILES string of the molecule is O=CCCC(=O)O.O=[N+]1CCC([C@H]2c3ncc(Br)cc3CCc3cc(Cl)cc(Br)c32)CC1. The number of pyridine rings is 1. The van der Waals surface area contributed by atoms with Gasteiger partial charge in [-0.3, -0.25) is 9.78 Å². The number of aldehydes is 1. The minimum atomic E-state index is -0.924. The first-order chi connectivity index (χ1) is 15.3. The first-order valence-corrected chi connectivity index (χ1v) is 12.5. The van der Waals surface area contributed by atoms with E-state index in [0.717, 1.165) is 45.3 Å². The molecule has 0 unspecified atom stereocenters. The number of carboxylic acid groups (broad SMARTS) is 1. The van der Waals surface area contributed by atoms with Gasteiger partial charge in [-0.1, -0.05) is 27.5 Å². The maximum absolute atomic E-state index is 11.7. The van der Waals surface area contributed by atoms with Gasteiger partial charge in [-0.2, -0.15) is 0 Å². The van der Waals surface area contributed by atoms with Crippen LogP contribution in [0.2, 0.25) is 5.02 Å². The molecule has 0 saturated carbocycles. The van der Waals surface area contributed by atoms with Gasteiger partial charge in [0.15, 0.2) is 13.1 Å². The van der Waals surface area contributed by atoms with E-state index in [0.29, 0.717) is 25.3 Å². The molecule has 32 heavy (non-hydrogen) atoms. The summed E-state index contributed by atoms with van der Waals surface area (Å²) in [6.07, 6.45) is 6.27. The van der Waals surface area contributed by atoms with Gasteiger partial charge in [-0.15, -0.1) is 0 Å². The van der Waals surface area contributed by atoms with Gasteiger partial charge in [0.25, 0.3) is 0 Å². The molecule has 1 aromatic carbocycles. The van der Waals surface area contributed by atoms with E-state index in [1.165, 1.54) is 21.5 Å². The van der Waals surface area contributed by atoms with Gasteiger partial charge in [0.1, 0.15) is 6.29 Å². The summed E-state index contributed by atoms with van der Waals surface area (Å²) in [7, 11) is 0. The van der Waals surface area contributed by atoms with E-state index in [2.05, 4.69) is 44.0 Å². The smallest absolute Gasteiger partial charge is 0.303 e. The minimum Gasteiger partial charge on any atom is -0.481 e. The number of carboxylic acids is 1. The second-order valence-corrected chi connectivity index (χ2v) is 10.2. The fraction of sp³-hybridized carbons (Fsp3) is 0.435. The zero-order valence-electron chi connectivity index (χ0n) is 17.4. The summed E-state index contributed by atoms with van der Waals surface area (Å²) in [4.78, 5) is 35.5. The molecule has 2 heterocycles. The van der Waals surface area contributed by atoms with Crippen molar-refractivity contribution in [3.8, 4) is 0 Å². The van der Waals surface area contributed by atoms with Crippen molar-refractivity contribution in [2.45, 2.75) is 44.4 Å². The Morgan fingerprint density at radius 1 is 1.19 bits per heavy atom. The Labute approximate surface area is 208 Å². The molecule has 1 aliphatic heterocycles. The summed E-state index contributed by atoms with van der Waals surface area (Å²) in [5, 5.41) is 8.65. The molecule has 0 radical (unpaired) electrons. The van der Waals surface area contributed by atoms with Gasteiger partial charge in [-0.25, -0.2) is 0 Å². The van der Waals surface area contributed by atoms with Gasteiger partial charge < -0.3 is 9.90 Å². The van der Waals surface area contributed by atoms with Crippen molar-refractivity contribution in [2.24, 2.45) is 5.92 Å². The number of aromatic nitrogens is 1. The molecule has 1 atom stereocenters. The van der Waals surface area contributed by atoms with Gasteiger partial charge in [0, 0.05) is 50.3 Å². The number of carbonyl (C=O) groups is 2. The predicted molar refractivity (Wildman–Crippen MR) is 129 cm³/mol. The van der Waals surface area contributed by atoms with Gasteiger partial charge in [0.2, 0.25) is 0 Å². The van der Waals surface area contributed by atoms with Crippen LogP contribution in [0.1, 0.15) is 54.0 Å². The Bertz CT molecular complexity index is 1020. The minimum absolute atomic E-state index is 0.0521. The molecular formula is C23H24Br2ClN2O4+. The number of halogens is 3. The Morgan fingerprint density at radius 2 is 1.88 bits per heavy atom. The average Bonchev–Trinajstić information content (AvgIpc) is 2.90. The highest BCUT2D eigenvalue weighted by atomic mass is 79.9. The molecule has 4 rings (SSSR count).